The fourth-order valence-corrected chi connectivity index (χ4v) is 5.59. The maximum atomic E-state index is 13.8. The fraction of sp³-hybridized carbons (Fsp3) is 0.625. The highest BCUT2D eigenvalue weighted by Gasteiger charge is 2.50. The number of morpholine rings is 1. The van der Waals surface area contributed by atoms with Crippen LogP contribution < -0.4 is 20.7 Å². The predicted octanol–water partition coefficient (Wildman–Crippen LogP) is 0.361. The number of hydrogen-bond donors (Lipinski definition) is 5. The Morgan fingerprint density at radius 3 is 2.38 bits per heavy atom. The second-order valence-corrected chi connectivity index (χ2v) is 12.1. The quantitative estimate of drug-likeness (QED) is 0.127. The van der Waals surface area contributed by atoms with Crippen molar-refractivity contribution in [2.45, 2.75) is 75.6 Å². The number of methoxy groups -OCH3 is 1. The first-order valence-corrected chi connectivity index (χ1v) is 15.6. The van der Waals surface area contributed by atoms with Gasteiger partial charge in [0.05, 0.1) is 46.1 Å². The largest absolute Gasteiger partial charge is 0.504 e. The summed E-state index contributed by atoms with van der Waals surface area (Å²) in [4.78, 5) is 55.1. The fourth-order valence-electron chi connectivity index (χ4n) is 5.59. The van der Waals surface area contributed by atoms with Gasteiger partial charge in [-0.1, -0.05) is 17.7 Å². The molecule has 248 valence electrons. The Labute approximate surface area is 263 Å². The van der Waals surface area contributed by atoms with Crippen molar-refractivity contribution in [3.63, 3.8) is 0 Å². The number of phenolic OH excluding ortho intramolecular Hbond substituents is 1. The Morgan fingerprint density at radius 2 is 1.76 bits per heavy atom. The molecule has 0 spiro atoms. The van der Waals surface area contributed by atoms with Gasteiger partial charge in [0.25, 0.3) is 0 Å². The molecule has 13 nitrogen and oxygen atoms in total. The van der Waals surface area contributed by atoms with Gasteiger partial charge < -0.3 is 40.4 Å². The van der Waals surface area contributed by atoms with Crippen molar-refractivity contribution in [1.29, 1.82) is 0 Å². The van der Waals surface area contributed by atoms with E-state index in [9.17, 15) is 29.4 Å². The average Bonchev–Trinajstić information content (AvgIpc) is 3.80. The van der Waals surface area contributed by atoms with Crippen molar-refractivity contribution >= 4 is 23.5 Å². The number of aliphatic hydroxyl groups is 1. The number of nitrogens with zero attached hydrogens (tertiary/aromatic N) is 1. The maximum Gasteiger partial charge on any atom is 0.245 e. The lowest BCUT2D eigenvalue weighted by molar-refractivity contribution is -0.135. The van der Waals surface area contributed by atoms with E-state index in [0.29, 0.717) is 44.0 Å². The number of Topliss-reactive ketones (excluding diaryl/α,β-unsaturated/α-hetero) is 1. The van der Waals surface area contributed by atoms with E-state index < -0.39 is 48.1 Å². The number of rotatable bonds is 16. The van der Waals surface area contributed by atoms with E-state index in [4.69, 9.17) is 14.2 Å². The van der Waals surface area contributed by atoms with Crippen molar-refractivity contribution in [2.75, 3.05) is 53.2 Å². The topological polar surface area (TPSA) is 179 Å². The highest BCUT2D eigenvalue weighted by atomic mass is 16.6. The number of aryl methyl sites for hydroxylation is 1. The molecule has 1 aromatic carbocycles. The Balaban J connectivity index is 1.47. The number of ether oxygens (including phenoxy) is 3. The maximum absolute atomic E-state index is 13.8. The van der Waals surface area contributed by atoms with Crippen LogP contribution in [-0.4, -0.2) is 116 Å². The first-order valence-electron chi connectivity index (χ1n) is 15.6. The molecule has 3 aliphatic rings. The molecular formula is C32H46N4O9. The number of epoxide rings is 1. The Kier molecular flexibility index (Phi) is 12.3. The van der Waals surface area contributed by atoms with Crippen LogP contribution in [0.25, 0.3) is 0 Å². The van der Waals surface area contributed by atoms with Crippen molar-refractivity contribution in [3.05, 3.63) is 35.4 Å². The number of nitrogens with one attached hydrogen (secondary N) is 3. The second-order valence-electron chi connectivity index (χ2n) is 12.1. The van der Waals surface area contributed by atoms with Crippen molar-refractivity contribution < 1.29 is 43.6 Å². The van der Waals surface area contributed by atoms with Gasteiger partial charge in [0, 0.05) is 13.1 Å². The monoisotopic (exact) mass is 630 g/mol. The molecule has 1 aliphatic carbocycles. The lowest BCUT2D eigenvalue weighted by Gasteiger charge is -2.28. The summed E-state index contributed by atoms with van der Waals surface area (Å²) in [6.07, 6.45) is 6.74. The summed E-state index contributed by atoms with van der Waals surface area (Å²) in [5.74, 6) is -1.74. The summed E-state index contributed by atoms with van der Waals surface area (Å²) in [5, 5.41) is 28.3. The molecule has 2 aliphatic heterocycles. The molecule has 13 heteroatoms. The van der Waals surface area contributed by atoms with E-state index in [1.54, 1.807) is 19.1 Å². The van der Waals surface area contributed by atoms with Crippen LogP contribution in [0.1, 0.15) is 51.0 Å². The van der Waals surface area contributed by atoms with Gasteiger partial charge in [0.2, 0.25) is 17.7 Å². The SMILES string of the molecule is COc1ccc(CC[C@H](NC(=O)[C@H](CO)NC(=O)CN2CCOCC2)C(=O)N[C@@H](CC2=CCCCC2)C(=O)[C@@]2(C)CO2)cc1O. The van der Waals surface area contributed by atoms with Gasteiger partial charge in [-0.15, -0.1) is 0 Å². The zero-order valence-corrected chi connectivity index (χ0v) is 26.1. The molecule has 1 aromatic rings. The lowest BCUT2D eigenvalue weighted by atomic mass is 9.89. The third-order valence-corrected chi connectivity index (χ3v) is 8.49. The number of hydrogen-bond acceptors (Lipinski definition) is 10. The van der Waals surface area contributed by atoms with Crippen LogP contribution in [-0.2, 0) is 35.1 Å². The third-order valence-electron chi connectivity index (χ3n) is 8.49. The smallest absolute Gasteiger partial charge is 0.245 e. The molecule has 3 amide bonds. The molecule has 4 atom stereocenters. The van der Waals surface area contributed by atoms with Gasteiger partial charge in [-0.05, 0) is 69.6 Å². The van der Waals surface area contributed by atoms with Crippen LogP contribution in [0.15, 0.2) is 29.8 Å². The number of ketones is 1. The minimum atomic E-state index is -1.29. The Hall–Kier alpha value is -3.52. The normalized spacial score (nSPS) is 21.9. The summed E-state index contributed by atoms with van der Waals surface area (Å²) < 4.78 is 15.8. The second kappa shape index (κ2) is 16.2. The number of benzene rings is 1. The first kappa shape index (κ1) is 34.4. The molecule has 2 saturated heterocycles. The van der Waals surface area contributed by atoms with Crippen molar-refractivity contribution in [3.8, 4) is 11.5 Å². The summed E-state index contributed by atoms with van der Waals surface area (Å²) in [6.45, 7) is 3.51. The highest BCUT2D eigenvalue weighted by Crippen LogP contribution is 2.31. The summed E-state index contributed by atoms with van der Waals surface area (Å²) in [5.41, 5.74) is 0.831. The first-order chi connectivity index (χ1) is 21.6. The van der Waals surface area contributed by atoms with E-state index >= 15 is 0 Å². The molecule has 4 rings (SSSR count). The minimum absolute atomic E-state index is 0.0402. The molecule has 0 aromatic heterocycles. The van der Waals surface area contributed by atoms with Gasteiger partial charge >= 0.3 is 0 Å². The zero-order chi connectivity index (χ0) is 32.4. The highest BCUT2D eigenvalue weighted by molar-refractivity contribution is 5.98. The molecule has 45 heavy (non-hydrogen) atoms. The number of carbonyl (C=O) groups is 4. The van der Waals surface area contributed by atoms with Crippen LogP contribution in [0.2, 0.25) is 0 Å². The predicted molar refractivity (Wildman–Crippen MR) is 164 cm³/mol. The van der Waals surface area contributed by atoms with Crippen LogP contribution in [0, 0.1) is 0 Å². The van der Waals surface area contributed by atoms with Crippen LogP contribution in [0.5, 0.6) is 11.5 Å². The molecule has 0 unspecified atom stereocenters. The summed E-state index contributed by atoms with van der Waals surface area (Å²) in [7, 11) is 1.44. The van der Waals surface area contributed by atoms with E-state index in [-0.39, 0.29) is 37.5 Å². The van der Waals surface area contributed by atoms with Crippen LogP contribution in [0.3, 0.4) is 0 Å². The Morgan fingerprint density at radius 1 is 1.04 bits per heavy atom. The van der Waals surface area contributed by atoms with Gasteiger partial charge in [-0.2, -0.15) is 0 Å². The van der Waals surface area contributed by atoms with Crippen LogP contribution >= 0.6 is 0 Å². The van der Waals surface area contributed by atoms with E-state index in [2.05, 4.69) is 22.0 Å². The number of allylic oxidation sites excluding steroid dienone is 1. The molecule has 5 N–H and O–H groups in total. The van der Waals surface area contributed by atoms with E-state index in [1.165, 1.54) is 13.2 Å². The number of aliphatic hydroxyl groups excluding tert-OH is 1. The standard InChI is InChI=1S/C32H46N4O9/c1-32(20-45-32)29(40)24(16-21-6-4-3-5-7-21)35-30(41)23(10-8-22-9-11-27(43-2)26(38)17-22)34-31(42)25(19-37)33-28(39)18-36-12-14-44-15-13-36/h6,9,11,17,23-25,37-38H,3-5,7-8,10,12-16,18-20H2,1-2H3,(H,33,39)(H,34,42)(H,35,41)/t23-,24-,25-,32+/m0/s1. The Bertz CT molecular complexity index is 1240. The lowest BCUT2D eigenvalue weighted by Crippen LogP contribution is -2.58. The summed E-state index contributed by atoms with van der Waals surface area (Å²) >= 11 is 0. The number of aromatic hydroxyl groups is 1. The van der Waals surface area contributed by atoms with Gasteiger partial charge in [0.1, 0.15) is 17.7 Å². The third kappa shape index (κ3) is 9.98. The van der Waals surface area contributed by atoms with Crippen LogP contribution in [0.4, 0.5) is 0 Å². The molecule has 2 heterocycles. The zero-order valence-electron chi connectivity index (χ0n) is 26.1. The number of amides is 3. The minimum Gasteiger partial charge on any atom is -0.504 e. The molecule has 0 radical (unpaired) electrons. The van der Waals surface area contributed by atoms with Gasteiger partial charge in [0.15, 0.2) is 17.3 Å². The number of phenols is 1. The molecule has 0 saturated carbocycles. The van der Waals surface area contributed by atoms with Gasteiger partial charge in [-0.25, -0.2) is 0 Å². The average molecular weight is 631 g/mol. The van der Waals surface area contributed by atoms with Gasteiger partial charge in [-0.3, -0.25) is 24.1 Å². The van der Waals surface area contributed by atoms with Crippen molar-refractivity contribution in [2.24, 2.45) is 0 Å². The molecule has 2 fully saturated rings. The van der Waals surface area contributed by atoms with Crippen molar-refractivity contribution in [1.82, 2.24) is 20.9 Å². The molecular weight excluding hydrogens is 584 g/mol. The molecule has 0 bridgehead atoms. The number of carbonyl (C=O) groups excluding carboxylic acids is 4. The summed E-state index contributed by atoms with van der Waals surface area (Å²) in [6, 6.07) is 1.61. The van der Waals surface area contributed by atoms with E-state index in [1.807, 2.05) is 4.90 Å². The van der Waals surface area contributed by atoms with E-state index in [0.717, 1.165) is 31.3 Å².